The van der Waals surface area contributed by atoms with E-state index in [1.807, 2.05) is 19.2 Å². The number of likely N-dealkylation sites (N-methyl/N-ethyl adjacent to an activating group) is 1. The van der Waals surface area contributed by atoms with E-state index in [0.29, 0.717) is 13.2 Å². The summed E-state index contributed by atoms with van der Waals surface area (Å²) in [7, 11) is 1.73. The smallest absolute Gasteiger partial charge is 0.239 e. The fourth-order valence-corrected chi connectivity index (χ4v) is 2.39. The third-order valence-electron chi connectivity index (χ3n) is 2.50. The summed E-state index contributed by atoms with van der Waals surface area (Å²) in [6, 6.07) is -0.476. The average Bonchev–Trinajstić information content (AvgIpc) is 2.76. The van der Waals surface area contributed by atoms with E-state index in [4.69, 9.17) is 10.5 Å². The molecule has 2 atom stereocenters. The number of amides is 1. The first-order chi connectivity index (χ1) is 8.45. The number of rotatable bonds is 6. The van der Waals surface area contributed by atoms with Gasteiger partial charge in [-0.3, -0.25) is 4.79 Å². The molecule has 1 amide bonds. The van der Waals surface area contributed by atoms with Gasteiger partial charge in [0.2, 0.25) is 5.91 Å². The minimum Gasteiger partial charge on any atom is -0.372 e. The van der Waals surface area contributed by atoms with Crippen LogP contribution in [-0.4, -0.2) is 35.5 Å². The molecule has 18 heavy (non-hydrogen) atoms. The van der Waals surface area contributed by atoms with Gasteiger partial charge in [0.25, 0.3) is 0 Å². The number of nitrogens with zero attached hydrogens (tertiary/aromatic N) is 2. The second-order valence-electron chi connectivity index (χ2n) is 4.26. The number of carbonyl (C=O) groups is 1. The second kappa shape index (κ2) is 6.82. The second-order valence-corrected chi connectivity index (χ2v) is 5.15. The largest absolute Gasteiger partial charge is 0.372 e. The molecule has 0 aromatic carbocycles. The highest BCUT2D eigenvalue weighted by Crippen LogP contribution is 2.21. The van der Waals surface area contributed by atoms with Gasteiger partial charge >= 0.3 is 0 Å². The zero-order chi connectivity index (χ0) is 13.7. The highest BCUT2D eigenvalue weighted by Gasteiger charge is 2.16. The molecule has 0 radical (unpaired) electrons. The highest BCUT2D eigenvalue weighted by molar-refractivity contribution is 7.09. The zero-order valence-corrected chi connectivity index (χ0v) is 12.2. The lowest BCUT2D eigenvalue weighted by molar-refractivity contribution is -0.131. The molecule has 1 aromatic rings. The molecule has 0 bridgehead atoms. The van der Waals surface area contributed by atoms with Crippen LogP contribution >= 0.6 is 11.3 Å². The van der Waals surface area contributed by atoms with Crippen LogP contribution in [-0.2, 0) is 16.1 Å². The summed E-state index contributed by atoms with van der Waals surface area (Å²) in [5.41, 5.74) is 6.43. The predicted octanol–water partition coefficient (Wildman–Crippen LogP) is 1.55. The van der Waals surface area contributed by atoms with E-state index in [2.05, 4.69) is 4.98 Å². The molecule has 0 aliphatic carbocycles. The van der Waals surface area contributed by atoms with Crippen molar-refractivity contribution in [2.24, 2.45) is 5.73 Å². The standard InChI is InChI=1S/C12H21N3O2S/c1-5-17-9(3)11-14-10(7-18-11)6-15(4)12(16)8(2)13/h7-9H,5-6,13H2,1-4H3. The first kappa shape index (κ1) is 15.1. The molecule has 6 heteroatoms. The van der Waals surface area contributed by atoms with Crippen LogP contribution in [0.5, 0.6) is 0 Å². The summed E-state index contributed by atoms with van der Waals surface area (Å²) in [5.74, 6) is -0.0811. The van der Waals surface area contributed by atoms with E-state index in [-0.39, 0.29) is 12.0 Å². The molecule has 1 heterocycles. The first-order valence-corrected chi connectivity index (χ1v) is 6.90. The fraction of sp³-hybridized carbons (Fsp3) is 0.667. The van der Waals surface area contributed by atoms with Gasteiger partial charge in [-0.25, -0.2) is 4.98 Å². The van der Waals surface area contributed by atoms with Crippen molar-refractivity contribution in [3.8, 4) is 0 Å². The Labute approximate surface area is 112 Å². The van der Waals surface area contributed by atoms with Crippen LogP contribution in [0.2, 0.25) is 0 Å². The van der Waals surface area contributed by atoms with Crippen LogP contribution in [0, 0.1) is 0 Å². The van der Waals surface area contributed by atoms with Crippen molar-refractivity contribution in [1.29, 1.82) is 0 Å². The SMILES string of the molecule is CCOC(C)c1nc(CN(C)C(=O)C(C)N)cs1. The van der Waals surface area contributed by atoms with Crippen molar-refractivity contribution >= 4 is 17.2 Å². The van der Waals surface area contributed by atoms with Gasteiger partial charge in [0.1, 0.15) is 11.1 Å². The molecule has 0 saturated carbocycles. The molecule has 1 rings (SSSR count). The van der Waals surface area contributed by atoms with Crippen molar-refractivity contribution in [3.63, 3.8) is 0 Å². The summed E-state index contributed by atoms with van der Waals surface area (Å²) >= 11 is 1.55. The Morgan fingerprint density at radius 2 is 2.28 bits per heavy atom. The Bertz CT molecular complexity index is 392. The van der Waals surface area contributed by atoms with Crippen LogP contribution in [0.25, 0.3) is 0 Å². The number of hydrogen-bond donors (Lipinski definition) is 1. The zero-order valence-electron chi connectivity index (χ0n) is 11.3. The van der Waals surface area contributed by atoms with E-state index in [1.165, 1.54) is 0 Å². The van der Waals surface area contributed by atoms with E-state index in [1.54, 1.807) is 30.2 Å². The van der Waals surface area contributed by atoms with E-state index in [0.717, 1.165) is 10.7 Å². The number of nitrogens with two attached hydrogens (primary N) is 1. The lowest BCUT2D eigenvalue weighted by atomic mass is 10.3. The Morgan fingerprint density at radius 3 is 2.83 bits per heavy atom. The topological polar surface area (TPSA) is 68.5 Å². The predicted molar refractivity (Wildman–Crippen MR) is 72.3 cm³/mol. The van der Waals surface area contributed by atoms with E-state index < -0.39 is 6.04 Å². The van der Waals surface area contributed by atoms with Crippen molar-refractivity contribution in [1.82, 2.24) is 9.88 Å². The van der Waals surface area contributed by atoms with Crippen molar-refractivity contribution in [2.75, 3.05) is 13.7 Å². The third kappa shape index (κ3) is 4.04. The molecule has 0 aliphatic heterocycles. The Hall–Kier alpha value is -0.980. The number of ether oxygens (including phenoxy) is 1. The van der Waals surface area contributed by atoms with Crippen molar-refractivity contribution in [3.05, 3.63) is 16.1 Å². The molecule has 0 saturated heterocycles. The summed E-state index contributed by atoms with van der Waals surface area (Å²) < 4.78 is 5.48. The third-order valence-corrected chi connectivity index (χ3v) is 3.55. The van der Waals surface area contributed by atoms with Gasteiger partial charge in [0.15, 0.2) is 0 Å². The average molecular weight is 271 g/mol. The van der Waals surface area contributed by atoms with Gasteiger partial charge in [0, 0.05) is 19.0 Å². The van der Waals surface area contributed by atoms with Gasteiger partial charge in [-0.1, -0.05) is 0 Å². The van der Waals surface area contributed by atoms with Crippen LogP contribution in [0.3, 0.4) is 0 Å². The number of aromatic nitrogens is 1. The molecule has 2 N–H and O–H groups in total. The fourth-order valence-electron chi connectivity index (χ4n) is 1.57. The van der Waals surface area contributed by atoms with Crippen LogP contribution in [0.15, 0.2) is 5.38 Å². The molecule has 0 fully saturated rings. The Kier molecular flexibility index (Phi) is 5.71. The van der Waals surface area contributed by atoms with Crippen LogP contribution < -0.4 is 5.73 Å². The summed E-state index contributed by atoms with van der Waals surface area (Å²) in [5, 5.41) is 2.89. The first-order valence-electron chi connectivity index (χ1n) is 6.02. The van der Waals surface area contributed by atoms with Gasteiger partial charge < -0.3 is 15.4 Å². The molecule has 102 valence electrons. The summed E-state index contributed by atoms with van der Waals surface area (Å²) in [6.07, 6.45) is 0.00295. The lowest BCUT2D eigenvalue weighted by Crippen LogP contribution is -2.39. The summed E-state index contributed by atoms with van der Waals surface area (Å²) in [4.78, 5) is 17.7. The van der Waals surface area contributed by atoms with Crippen molar-refractivity contribution < 1.29 is 9.53 Å². The lowest BCUT2D eigenvalue weighted by Gasteiger charge is -2.17. The quantitative estimate of drug-likeness (QED) is 0.852. The van der Waals surface area contributed by atoms with E-state index in [9.17, 15) is 4.79 Å². The number of hydrogen-bond acceptors (Lipinski definition) is 5. The monoisotopic (exact) mass is 271 g/mol. The molecular formula is C12H21N3O2S. The molecule has 0 spiro atoms. The molecule has 5 nitrogen and oxygen atoms in total. The highest BCUT2D eigenvalue weighted by atomic mass is 32.1. The van der Waals surface area contributed by atoms with Gasteiger partial charge in [-0.05, 0) is 20.8 Å². The maximum atomic E-state index is 11.6. The minimum absolute atomic E-state index is 0.00295. The van der Waals surface area contributed by atoms with Gasteiger partial charge in [0.05, 0.1) is 18.3 Å². The molecular weight excluding hydrogens is 250 g/mol. The molecule has 2 unspecified atom stereocenters. The number of thiazole rings is 1. The molecule has 1 aromatic heterocycles. The maximum Gasteiger partial charge on any atom is 0.239 e. The van der Waals surface area contributed by atoms with Crippen LogP contribution in [0.4, 0.5) is 0 Å². The van der Waals surface area contributed by atoms with Crippen molar-refractivity contribution in [2.45, 2.75) is 39.5 Å². The number of carbonyl (C=O) groups excluding carboxylic acids is 1. The molecule has 0 aliphatic rings. The van der Waals surface area contributed by atoms with Gasteiger partial charge in [-0.2, -0.15) is 0 Å². The van der Waals surface area contributed by atoms with Gasteiger partial charge in [-0.15, -0.1) is 11.3 Å². The normalized spacial score (nSPS) is 14.3. The summed E-state index contributed by atoms with van der Waals surface area (Å²) in [6.45, 7) is 6.76. The Morgan fingerprint density at radius 1 is 1.61 bits per heavy atom. The van der Waals surface area contributed by atoms with E-state index >= 15 is 0 Å². The Balaban J connectivity index is 2.61. The minimum atomic E-state index is -0.476. The maximum absolute atomic E-state index is 11.6. The van der Waals surface area contributed by atoms with Crippen LogP contribution in [0.1, 0.15) is 37.6 Å².